The molecule has 0 N–H and O–H groups in total. The average molecular weight is 343 g/mol. The van der Waals surface area contributed by atoms with E-state index in [1.807, 2.05) is 24.9 Å². The van der Waals surface area contributed by atoms with E-state index >= 15 is 0 Å². The number of aryl methyl sites for hydroxylation is 1. The number of piperazine rings is 1. The first-order valence-corrected chi connectivity index (χ1v) is 9.04. The fourth-order valence-electron chi connectivity index (χ4n) is 2.77. The van der Waals surface area contributed by atoms with Crippen LogP contribution in [0.15, 0.2) is 12.4 Å². The lowest BCUT2D eigenvalue weighted by atomic mass is 10.2. The Morgan fingerprint density at radius 1 is 1.35 bits per heavy atom. The molecular weight excluding hydrogens is 318 g/mol. The molecule has 1 amide bonds. The Balaban J connectivity index is 2.24. The molecule has 1 fully saturated rings. The van der Waals surface area contributed by atoms with Gasteiger partial charge in [-0.3, -0.25) is 9.69 Å². The molecule has 2 unspecified atom stereocenters. The average Bonchev–Trinajstić information content (AvgIpc) is 2.91. The van der Waals surface area contributed by atoms with Gasteiger partial charge in [0.05, 0.1) is 6.04 Å². The summed E-state index contributed by atoms with van der Waals surface area (Å²) in [5.74, 6) is 0.413. The highest BCUT2D eigenvalue weighted by molar-refractivity contribution is 7.90. The van der Waals surface area contributed by atoms with Crippen molar-refractivity contribution < 1.29 is 13.2 Å². The molecule has 23 heavy (non-hydrogen) atoms. The molecule has 2 rings (SSSR count). The van der Waals surface area contributed by atoms with Gasteiger partial charge in [0.25, 0.3) is 0 Å². The Labute approximate surface area is 137 Å². The van der Waals surface area contributed by atoms with E-state index in [2.05, 4.69) is 9.88 Å². The van der Waals surface area contributed by atoms with Crippen LogP contribution in [0, 0.1) is 0 Å². The van der Waals surface area contributed by atoms with Crippen molar-refractivity contribution >= 4 is 15.9 Å². The van der Waals surface area contributed by atoms with E-state index in [0.29, 0.717) is 19.6 Å². The standard InChI is InChI=1S/C14H25N5O3S/c1-11(14(20)16(2)3)23(21,22)19-9-8-17(4)12(10-19)13-15-6-7-18(13)5/h6-7,11-12H,8-10H2,1-5H3. The molecule has 0 saturated carbocycles. The Hall–Kier alpha value is -1.45. The lowest BCUT2D eigenvalue weighted by Crippen LogP contribution is -2.53. The molecule has 0 aliphatic carbocycles. The topological polar surface area (TPSA) is 78.8 Å². The first-order valence-electron chi connectivity index (χ1n) is 7.53. The maximum atomic E-state index is 12.8. The van der Waals surface area contributed by atoms with Crippen molar-refractivity contribution in [1.82, 2.24) is 23.7 Å². The molecule has 1 aliphatic rings. The summed E-state index contributed by atoms with van der Waals surface area (Å²) in [7, 11) is 3.29. The van der Waals surface area contributed by atoms with Crippen molar-refractivity contribution in [3.63, 3.8) is 0 Å². The van der Waals surface area contributed by atoms with Crippen LogP contribution >= 0.6 is 0 Å². The maximum absolute atomic E-state index is 12.8. The summed E-state index contributed by atoms with van der Waals surface area (Å²) >= 11 is 0. The second-order valence-electron chi connectivity index (χ2n) is 6.17. The van der Waals surface area contributed by atoms with Gasteiger partial charge in [0.1, 0.15) is 5.82 Å². The zero-order valence-corrected chi connectivity index (χ0v) is 15.1. The molecule has 9 heteroatoms. The van der Waals surface area contributed by atoms with Gasteiger partial charge in [0.2, 0.25) is 15.9 Å². The van der Waals surface area contributed by atoms with E-state index in [1.54, 1.807) is 20.3 Å². The van der Waals surface area contributed by atoms with Gasteiger partial charge in [-0.2, -0.15) is 4.31 Å². The predicted octanol–water partition coefficient (Wildman–Crippen LogP) is -0.485. The highest BCUT2D eigenvalue weighted by Crippen LogP contribution is 2.25. The number of sulfonamides is 1. The molecule has 0 radical (unpaired) electrons. The number of rotatable bonds is 4. The van der Waals surface area contributed by atoms with Crippen LogP contribution < -0.4 is 0 Å². The van der Waals surface area contributed by atoms with E-state index in [9.17, 15) is 13.2 Å². The summed E-state index contributed by atoms with van der Waals surface area (Å²) in [5.41, 5.74) is 0. The first-order chi connectivity index (χ1) is 10.7. The molecule has 0 aromatic carbocycles. The molecule has 130 valence electrons. The Morgan fingerprint density at radius 2 is 2.00 bits per heavy atom. The van der Waals surface area contributed by atoms with Crippen molar-refractivity contribution in [2.24, 2.45) is 7.05 Å². The van der Waals surface area contributed by atoms with E-state index < -0.39 is 21.2 Å². The third-order valence-electron chi connectivity index (χ3n) is 4.36. The van der Waals surface area contributed by atoms with Gasteiger partial charge in [-0.05, 0) is 14.0 Å². The third-order valence-corrected chi connectivity index (χ3v) is 6.51. The van der Waals surface area contributed by atoms with Crippen molar-refractivity contribution in [2.45, 2.75) is 18.2 Å². The van der Waals surface area contributed by atoms with Gasteiger partial charge < -0.3 is 9.47 Å². The number of nitrogens with zero attached hydrogens (tertiary/aromatic N) is 5. The van der Waals surface area contributed by atoms with Crippen LogP contribution in [0.25, 0.3) is 0 Å². The number of carbonyl (C=O) groups excluding carboxylic acids is 1. The first kappa shape index (κ1) is 17.9. The molecule has 1 saturated heterocycles. The second kappa shape index (κ2) is 6.58. The van der Waals surface area contributed by atoms with Crippen LogP contribution in [0.3, 0.4) is 0 Å². The van der Waals surface area contributed by atoms with Gasteiger partial charge in [-0.15, -0.1) is 0 Å². The fourth-order valence-corrected chi connectivity index (χ4v) is 4.37. The van der Waals surface area contributed by atoms with Crippen molar-refractivity contribution in [2.75, 3.05) is 40.8 Å². The molecule has 2 atom stereocenters. The molecule has 1 aromatic heterocycles. The van der Waals surface area contributed by atoms with Crippen molar-refractivity contribution in [1.29, 1.82) is 0 Å². The van der Waals surface area contributed by atoms with E-state index in [4.69, 9.17) is 0 Å². The fraction of sp³-hybridized carbons (Fsp3) is 0.714. The molecule has 0 bridgehead atoms. The van der Waals surface area contributed by atoms with Gasteiger partial charge in [-0.1, -0.05) is 0 Å². The summed E-state index contributed by atoms with van der Waals surface area (Å²) < 4.78 is 28.9. The zero-order chi connectivity index (χ0) is 17.4. The number of amides is 1. The maximum Gasteiger partial charge on any atom is 0.241 e. The quantitative estimate of drug-likeness (QED) is 0.737. The normalized spacial score (nSPS) is 22.0. The number of carbonyl (C=O) groups is 1. The lowest BCUT2D eigenvalue weighted by molar-refractivity contribution is -0.128. The monoisotopic (exact) mass is 343 g/mol. The van der Waals surface area contributed by atoms with E-state index in [0.717, 1.165) is 5.82 Å². The zero-order valence-electron chi connectivity index (χ0n) is 14.3. The SMILES string of the molecule is CC(C(=O)N(C)C)S(=O)(=O)N1CCN(C)C(c2nccn2C)C1. The molecule has 1 aliphatic heterocycles. The predicted molar refractivity (Wildman–Crippen MR) is 87.2 cm³/mol. The number of hydrogen-bond acceptors (Lipinski definition) is 5. The van der Waals surface area contributed by atoms with Gasteiger partial charge in [-0.25, -0.2) is 13.4 Å². The van der Waals surface area contributed by atoms with Crippen LogP contribution in [0.2, 0.25) is 0 Å². The summed E-state index contributed by atoms with van der Waals surface area (Å²) in [5, 5.41) is -1.08. The van der Waals surface area contributed by atoms with Gasteiger partial charge in [0.15, 0.2) is 5.25 Å². The van der Waals surface area contributed by atoms with Crippen LogP contribution in [-0.4, -0.2) is 84.0 Å². The smallest absolute Gasteiger partial charge is 0.241 e. The van der Waals surface area contributed by atoms with Gasteiger partial charge in [0, 0.05) is 53.2 Å². The summed E-state index contributed by atoms with van der Waals surface area (Å²) in [6.45, 7) is 2.73. The van der Waals surface area contributed by atoms with Gasteiger partial charge >= 0.3 is 0 Å². The molecular formula is C14H25N5O3S. The Kier molecular flexibility index (Phi) is 5.12. The Morgan fingerprint density at radius 3 is 2.52 bits per heavy atom. The number of hydrogen-bond donors (Lipinski definition) is 0. The minimum absolute atomic E-state index is 0.125. The van der Waals surface area contributed by atoms with Crippen LogP contribution in [0.1, 0.15) is 18.8 Å². The van der Waals surface area contributed by atoms with E-state index in [1.165, 1.54) is 16.1 Å². The second-order valence-corrected chi connectivity index (χ2v) is 8.42. The minimum Gasteiger partial charge on any atom is -0.348 e. The number of imidazole rings is 1. The molecule has 1 aromatic rings. The van der Waals surface area contributed by atoms with Crippen LogP contribution in [0.5, 0.6) is 0 Å². The van der Waals surface area contributed by atoms with E-state index in [-0.39, 0.29) is 6.04 Å². The number of likely N-dealkylation sites (N-methyl/N-ethyl adjacent to an activating group) is 1. The summed E-state index contributed by atoms with van der Waals surface area (Å²) in [4.78, 5) is 19.8. The highest BCUT2D eigenvalue weighted by atomic mass is 32.2. The third kappa shape index (κ3) is 3.41. The van der Waals surface area contributed by atoms with Crippen molar-refractivity contribution in [3.05, 3.63) is 18.2 Å². The summed E-state index contributed by atoms with van der Waals surface area (Å²) in [6, 6.07) is -0.125. The summed E-state index contributed by atoms with van der Waals surface area (Å²) in [6.07, 6.45) is 3.55. The highest BCUT2D eigenvalue weighted by Gasteiger charge is 2.39. The minimum atomic E-state index is -3.69. The number of aromatic nitrogens is 2. The molecule has 0 spiro atoms. The lowest BCUT2D eigenvalue weighted by Gasteiger charge is -2.39. The molecule has 2 heterocycles. The van der Waals surface area contributed by atoms with Crippen molar-refractivity contribution in [3.8, 4) is 0 Å². The van der Waals surface area contributed by atoms with Crippen LogP contribution in [0.4, 0.5) is 0 Å². The van der Waals surface area contributed by atoms with Crippen LogP contribution in [-0.2, 0) is 21.9 Å². The Bertz CT molecular complexity index is 670. The largest absolute Gasteiger partial charge is 0.348 e. The molecule has 8 nitrogen and oxygen atoms in total.